The Hall–Kier alpha value is -2.40. The molecule has 0 unspecified atom stereocenters. The van der Waals surface area contributed by atoms with Gasteiger partial charge in [-0.3, -0.25) is 4.99 Å². The Kier molecular flexibility index (Phi) is 7.92. The van der Waals surface area contributed by atoms with Crippen LogP contribution in [-0.4, -0.2) is 26.2 Å². The van der Waals surface area contributed by atoms with Gasteiger partial charge in [0.1, 0.15) is 5.82 Å². The molecule has 0 aromatic heterocycles. The fraction of sp³-hybridized carbons (Fsp3) is 0.350. The number of hydrogen-bond donors (Lipinski definition) is 2. The van der Waals surface area contributed by atoms with Gasteiger partial charge in [-0.05, 0) is 42.2 Å². The van der Waals surface area contributed by atoms with Gasteiger partial charge in [-0.25, -0.2) is 4.39 Å². The second-order valence-electron chi connectivity index (χ2n) is 5.69. The molecule has 4 nitrogen and oxygen atoms in total. The first kappa shape index (κ1) is 18.9. The molecule has 0 aliphatic carbocycles. The van der Waals surface area contributed by atoms with Crippen LogP contribution < -0.4 is 10.6 Å². The van der Waals surface area contributed by atoms with Crippen LogP contribution in [0.25, 0.3) is 0 Å². The van der Waals surface area contributed by atoms with Crippen molar-refractivity contribution in [2.75, 3.05) is 20.2 Å². The fourth-order valence-corrected chi connectivity index (χ4v) is 2.40. The van der Waals surface area contributed by atoms with Gasteiger partial charge in [-0.2, -0.15) is 0 Å². The van der Waals surface area contributed by atoms with E-state index in [1.165, 1.54) is 17.2 Å². The molecule has 0 heterocycles. The van der Waals surface area contributed by atoms with Gasteiger partial charge in [-0.1, -0.05) is 36.4 Å². The Morgan fingerprint density at radius 3 is 2.48 bits per heavy atom. The molecule has 2 N–H and O–H groups in total. The zero-order valence-electron chi connectivity index (χ0n) is 14.9. The zero-order chi connectivity index (χ0) is 17.9. The number of benzene rings is 2. The van der Waals surface area contributed by atoms with Crippen molar-refractivity contribution in [1.29, 1.82) is 0 Å². The third kappa shape index (κ3) is 6.93. The standard InChI is InChI=1S/C20H26FN3O/c1-3-25-15-18-9-7-17(8-10-18)14-24-20(22-2)23-12-11-16-5-4-6-19(21)13-16/h4-10,13H,3,11-12,14-15H2,1-2H3,(H2,22,23,24). The maximum absolute atomic E-state index is 13.2. The number of nitrogens with zero attached hydrogens (tertiary/aromatic N) is 1. The minimum absolute atomic E-state index is 0.201. The SMILES string of the molecule is CCOCc1ccc(CNC(=NC)NCCc2cccc(F)c2)cc1. The van der Waals surface area contributed by atoms with E-state index in [0.29, 0.717) is 19.7 Å². The Morgan fingerprint density at radius 1 is 1.04 bits per heavy atom. The van der Waals surface area contributed by atoms with Gasteiger partial charge in [0.25, 0.3) is 0 Å². The summed E-state index contributed by atoms with van der Waals surface area (Å²) in [5, 5.41) is 6.52. The summed E-state index contributed by atoms with van der Waals surface area (Å²) in [7, 11) is 1.74. The van der Waals surface area contributed by atoms with Gasteiger partial charge in [0.2, 0.25) is 0 Å². The van der Waals surface area contributed by atoms with Crippen molar-refractivity contribution in [3.63, 3.8) is 0 Å². The number of hydrogen-bond acceptors (Lipinski definition) is 2. The first-order chi connectivity index (χ1) is 12.2. The minimum atomic E-state index is -0.201. The van der Waals surface area contributed by atoms with Gasteiger partial charge in [0, 0.05) is 26.7 Å². The molecule has 0 atom stereocenters. The molecular weight excluding hydrogens is 317 g/mol. The van der Waals surface area contributed by atoms with Crippen LogP contribution in [0.2, 0.25) is 0 Å². The minimum Gasteiger partial charge on any atom is -0.377 e. The fourth-order valence-electron chi connectivity index (χ4n) is 2.40. The molecule has 0 aliphatic rings. The first-order valence-corrected chi connectivity index (χ1v) is 8.55. The molecule has 0 fully saturated rings. The van der Waals surface area contributed by atoms with Crippen molar-refractivity contribution < 1.29 is 9.13 Å². The Bertz CT molecular complexity index is 671. The predicted molar refractivity (Wildman–Crippen MR) is 100 cm³/mol. The van der Waals surface area contributed by atoms with Gasteiger partial charge in [0.05, 0.1) is 6.61 Å². The van der Waals surface area contributed by atoms with E-state index in [-0.39, 0.29) is 5.82 Å². The second-order valence-corrected chi connectivity index (χ2v) is 5.69. The number of aliphatic imine (C=N–C) groups is 1. The number of guanidine groups is 1. The molecular formula is C20H26FN3O. The van der Waals surface area contributed by atoms with Crippen molar-refractivity contribution in [1.82, 2.24) is 10.6 Å². The molecule has 25 heavy (non-hydrogen) atoms. The van der Waals surface area contributed by atoms with Crippen molar-refractivity contribution in [2.24, 2.45) is 4.99 Å². The number of nitrogens with one attached hydrogen (secondary N) is 2. The molecule has 0 amide bonds. The molecule has 134 valence electrons. The van der Waals surface area contributed by atoms with E-state index >= 15 is 0 Å². The van der Waals surface area contributed by atoms with Crippen molar-refractivity contribution in [3.05, 3.63) is 71.0 Å². The lowest BCUT2D eigenvalue weighted by Gasteiger charge is -2.12. The third-order valence-corrected chi connectivity index (χ3v) is 3.77. The summed E-state index contributed by atoms with van der Waals surface area (Å²) in [5.41, 5.74) is 3.31. The van der Waals surface area contributed by atoms with E-state index in [2.05, 4.69) is 39.9 Å². The summed E-state index contributed by atoms with van der Waals surface area (Å²) in [4.78, 5) is 4.21. The first-order valence-electron chi connectivity index (χ1n) is 8.55. The Morgan fingerprint density at radius 2 is 1.80 bits per heavy atom. The Labute approximate surface area is 149 Å². The van der Waals surface area contributed by atoms with Crippen LogP contribution >= 0.6 is 0 Å². The largest absolute Gasteiger partial charge is 0.377 e. The van der Waals surface area contributed by atoms with Crippen molar-refractivity contribution in [3.8, 4) is 0 Å². The van der Waals surface area contributed by atoms with Gasteiger partial charge < -0.3 is 15.4 Å². The third-order valence-electron chi connectivity index (χ3n) is 3.77. The van der Waals surface area contributed by atoms with E-state index in [9.17, 15) is 4.39 Å². The Balaban J connectivity index is 1.74. The van der Waals surface area contributed by atoms with Crippen LogP contribution in [0.4, 0.5) is 4.39 Å². The van der Waals surface area contributed by atoms with Crippen LogP contribution in [0.15, 0.2) is 53.5 Å². The normalized spacial score (nSPS) is 11.4. The summed E-state index contributed by atoms with van der Waals surface area (Å²) < 4.78 is 18.6. The molecule has 0 saturated carbocycles. The van der Waals surface area contributed by atoms with E-state index in [1.54, 1.807) is 19.2 Å². The molecule has 0 saturated heterocycles. The lowest BCUT2D eigenvalue weighted by atomic mass is 10.1. The zero-order valence-corrected chi connectivity index (χ0v) is 14.9. The van der Waals surface area contributed by atoms with Crippen LogP contribution in [0.3, 0.4) is 0 Å². The van der Waals surface area contributed by atoms with Crippen molar-refractivity contribution in [2.45, 2.75) is 26.5 Å². The van der Waals surface area contributed by atoms with Crippen LogP contribution in [0.5, 0.6) is 0 Å². The summed E-state index contributed by atoms with van der Waals surface area (Å²) in [6.07, 6.45) is 0.741. The second kappa shape index (κ2) is 10.5. The number of halogens is 1. The van der Waals surface area contributed by atoms with Crippen LogP contribution in [0, 0.1) is 5.82 Å². The van der Waals surface area contributed by atoms with E-state index in [0.717, 1.165) is 24.6 Å². The summed E-state index contributed by atoms with van der Waals surface area (Å²) >= 11 is 0. The number of rotatable bonds is 8. The monoisotopic (exact) mass is 343 g/mol. The van der Waals surface area contributed by atoms with Crippen molar-refractivity contribution >= 4 is 5.96 Å². The summed E-state index contributed by atoms with van der Waals surface area (Å²) in [5.74, 6) is 0.530. The quantitative estimate of drug-likeness (QED) is 0.571. The molecule has 0 aliphatic heterocycles. The van der Waals surface area contributed by atoms with Gasteiger partial charge in [-0.15, -0.1) is 0 Å². The highest BCUT2D eigenvalue weighted by atomic mass is 19.1. The lowest BCUT2D eigenvalue weighted by Crippen LogP contribution is -2.37. The van der Waals surface area contributed by atoms with E-state index < -0.39 is 0 Å². The summed E-state index contributed by atoms with van der Waals surface area (Å²) in [6.45, 7) is 4.74. The van der Waals surface area contributed by atoms with E-state index in [4.69, 9.17) is 4.74 Å². The molecule has 5 heteroatoms. The van der Waals surface area contributed by atoms with Gasteiger partial charge >= 0.3 is 0 Å². The highest BCUT2D eigenvalue weighted by Gasteiger charge is 2.00. The maximum atomic E-state index is 13.2. The smallest absolute Gasteiger partial charge is 0.191 e. The van der Waals surface area contributed by atoms with Gasteiger partial charge in [0.15, 0.2) is 5.96 Å². The summed E-state index contributed by atoms with van der Waals surface area (Å²) in [6, 6.07) is 15.0. The number of ether oxygens (including phenoxy) is 1. The average Bonchev–Trinajstić information content (AvgIpc) is 2.63. The lowest BCUT2D eigenvalue weighted by molar-refractivity contribution is 0.134. The highest BCUT2D eigenvalue weighted by molar-refractivity contribution is 5.79. The maximum Gasteiger partial charge on any atom is 0.191 e. The van der Waals surface area contributed by atoms with Crippen LogP contribution in [0.1, 0.15) is 23.6 Å². The molecule has 0 radical (unpaired) electrons. The molecule has 0 spiro atoms. The highest BCUT2D eigenvalue weighted by Crippen LogP contribution is 2.06. The molecule has 2 aromatic carbocycles. The topological polar surface area (TPSA) is 45.6 Å². The predicted octanol–water partition coefficient (Wildman–Crippen LogP) is 3.27. The molecule has 2 aromatic rings. The average molecular weight is 343 g/mol. The molecule has 2 rings (SSSR count). The molecule has 0 bridgehead atoms. The van der Waals surface area contributed by atoms with Crippen LogP contribution in [-0.2, 0) is 24.3 Å². The van der Waals surface area contributed by atoms with E-state index in [1.807, 2.05) is 13.0 Å².